The van der Waals surface area contributed by atoms with E-state index in [0.717, 1.165) is 35.4 Å². The van der Waals surface area contributed by atoms with Crippen molar-refractivity contribution in [3.63, 3.8) is 0 Å². The van der Waals surface area contributed by atoms with Crippen molar-refractivity contribution in [1.29, 1.82) is 5.26 Å². The first-order chi connectivity index (χ1) is 9.19. The molecule has 0 radical (unpaired) electrons. The summed E-state index contributed by atoms with van der Waals surface area (Å²) in [5.41, 5.74) is 4.36. The van der Waals surface area contributed by atoms with Gasteiger partial charge in [-0.15, -0.1) is 0 Å². The summed E-state index contributed by atoms with van der Waals surface area (Å²) in [6, 6.07) is 8.66. The van der Waals surface area contributed by atoms with Crippen molar-refractivity contribution in [2.24, 2.45) is 0 Å². The van der Waals surface area contributed by atoms with Gasteiger partial charge in [0, 0.05) is 5.39 Å². The van der Waals surface area contributed by atoms with E-state index in [1.807, 2.05) is 6.07 Å². The average Bonchev–Trinajstić information content (AvgIpc) is 2.91. The fourth-order valence-corrected chi connectivity index (χ4v) is 2.97. The first-order valence-corrected chi connectivity index (χ1v) is 6.81. The number of nitriles is 1. The maximum absolute atomic E-state index is 9.38. The maximum Gasteiger partial charge on any atom is 0.293 e. The number of hydrogen-bond donors (Lipinski definition) is 0. The van der Waals surface area contributed by atoms with Gasteiger partial charge < -0.3 is 0 Å². The number of hydrogen-bond acceptors (Lipinski definition) is 2. The smallest absolute Gasteiger partial charge is 0.261 e. The quantitative estimate of drug-likeness (QED) is 0.783. The molecule has 0 unspecified atom stereocenters. The van der Waals surface area contributed by atoms with Crippen LogP contribution in [0, 0.1) is 25.2 Å². The summed E-state index contributed by atoms with van der Waals surface area (Å²) in [5.74, 6) is 0.986. The summed E-state index contributed by atoms with van der Waals surface area (Å²) in [6.45, 7) is 6.29. The van der Waals surface area contributed by atoms with Crippen LogP contribution in [0.25, 0.3) is 10.9 Å². The average molecular weight is 252 g/mol. The number of fused-ring (bicyclic) bond motifs is 1. The van der Waals surface area contributed by atoms with E-state index in [1.54, 1.807) is 0 Å². The van der Waals surface area contributed by atoms with Gasteiger partial charge in [-0.25, -0.2) is 4.98 Å². The molecule has 3 heteroatoms. The Morgan fingerprint density at radius 1 is 1.16 bits per heavy atom. The number of pyridine rings is 1. The topological polar surface area (TPSA) is 41.2 Å². The van der Waals surface area contributed by atoms with E-state index in [1.165, 1.54) is 24.0 Å². The van der Waals surface area contributed by atoms with Crippen LogP contribution < -0.4 is 9.88 Å². The molecule has 3 rings (SSSR count). The van der Waals surface area contributed by atoms with Gasteiger partial charge in [0.15, 0.2) is 0 Å². The lowest BCUT2D eigenvalue weighted by atomic mass is 10.0. The minimum atomic E-state index is 0.749. The first-order valence-electron chi connectivity index (χ1n) is 6.81. The fraction of sp³-hybridized carbons (Fsp3) is 0.375. The number of nitrogens with zero attached hydrogens (tertiary/aromatic N) is 2. The van der Waals surface area contributed by atoms with Gasteiger partial charge in [0.05, 0.1) is 13.1 Å². The van der Waals surface area contributed by atoms with E-state index in [0.29, 0.717) is 0 Å². The van der Waals surface area contributed by atoms with Crippen molar-refractivity contribution >= 4 is 16.7 Å². The number of rotatable bonds is 1. The molecule has 2 heterocycles. The van der Waals surface area contributed by atoms with Gasteiger partial charge in [-0.1, -0.05) is 6.07 Å². The number of H-pyrrole nitrogens is 1. The van der Waals surface area contributed by atoms with Crippen molar-refractivity contribution in [3.8, 4) is 6.07 Å². The Labute approximate surface area is 113 Å². The van der Waals surface area contributed by atoms with Crippen LogP contribution in [0.15, 0.2) is 18.2 Å². The summed E-state index contributed by atoms with van der Waals surface area (Å²) < 4.78 is 0. The van der Waals surface area contributed by atoms with Crippen molar-refractivity contribution in [2.45, 2.75) is 26.7 Å². The highest BCUT2D eigenvalue weighted by Gasteiger charge is 2.25. The SMILES string of the molecule is Cc1cc(C)c2[nH+]c(N3CCCC3)c(C#N)cc2c1. The molecule has 0 spiro atoms. The van der Waals surface area contributed by atoms with Crippen LogP contribution in [0.1, 0.15) is 29.5 Å². The second-order valence-corrected chi connectivity index (χ2v) is 5.38. The summed E-state index contributed by atoms with van der Waals surface area (Å²) in [7, 11) is 0. The molecule has 19 heavy (non-hydrogen) atoms. The lowest BCUT2D eigenvalue weighted by Crippen LogP contribution is -2.27. The first kappa shape index (κ1) is 12.0. The second-order valence-electron chi connectivity index (χ2n) is 5.38. The van der Waals surface area contributed by atoms with E-state index >= 15 is 0 Å². The third-order valence-corrected chi connectivity index (χ3v) is 3.85. The number of benzene rings is 1. The summed E-state index contributed by atoms with van der Waals surface area (Å²) in [6.07, 6.45) is 2.42. The van der Waals surface area contributed by atoms with Crippen LogP contribution >= 0.6 is 0 Å². The van der Waals surface area contributed by atoms with Crippen molar-refractivity contribution < 1.29 is 4.98 Å². The third-order valence-electron chi connectivity index (χ3n) is 3.85. The molecular weight excluding hydrogens is 234 g/mol. The number of nitrogens with one attached hydrogen (secondary N) is 1. The Morgan fingerprint density at radius 3 is 2.58 bits per heavy atom. The van der Waals surface area contributed by atoms with Crippen molar-refractivity contribution in [2.75, 3.05) is 18.0 Å². The number of aromatic nitrogens is 1. The molecular formula is C16H18N3+. The van der Waals surface area contributed by atoms with Gasteiger partial charge in [-0.05, 0) is 49.9 Å². The van der Waals surface area contributed by atoms with Crippen molar-refractivity contribution in [1.82, 2.24) is 0 Å². The van der Waals surface area contributed by atoms with Gasteiger partial charge in [0.2, 0.25) is 0 Å². The van der Waals surface area contributed by atoms with Gasteiger partial charge in [-0.3, -0.25) is 4.90 Å². The second kappa shape index (κ2) is 4.55. The highest BCUT2D eigenvalue weighted by Crippen LogP contribution is 2.24. The Hall–Kier alpha value is -2.08. The molecule has 1 fully saturated rings. The Morgan fingerprint density at radius 2 is 1.89 bits per heavy atom. The molecule has 0 atom stereocenters. The zero-order chi connectivity index (χ0) is 13.4. The largest absolute Gasteiger partial charge is 0.293 e. The monoisotopic (exact) mass is 252 g/mol. The molecule has 0 saturated carbocycles. The van der Waals surface area contributed by atoms with Crippen LogP contribution in [-0.2, 0) is 0 Å². The summed E-state index contributed by atoms with van der Waals surface area (Å²) >= 11 is 0. The van der Waals surface area contributed by atoms with Crippen LogP contribution in [0.4, 0.5) is 5.82 Å². The molecule has 2 aromatic rings. The maximum atomic E-state index is 9.38. The molecule has 1 aliphatic heterocycles. The molecule has 1 N–H and O–H groups in total. The fourth-order valence-electron chi connectivity index (χ4n) is 2.97. The molecule has 96 valence electrons. The predicted molar refractivity (Wildman–Crippen MR) is 76.1 cm³/mol. The minimum Gasteiger partial charge on any atom is -0.261 e. The normalized spacial score (nSPS) is 14.9. The molecule has 1 aromatic heterocycles. The standard InChI is InChI=1S/C16H17N3/c1-11-7-12(2)15-13(8-11)9-14(10-17)16(18-15)19-5-3-4-6-19/h7-9H,3-6H2,1-2H3/p+1. The van der Waals surface area contributed by atoms with Crippen molar-refractivity contribution in [3.05, 3.63) is 34.9 Å². The lowest BCUT2D eigenvalue weighted by Gasteiger charge is -2.12. The highest BCUT2D eigenvalue weighted by atomic mass is 15.2. The molecule has 3 nitrogen and oxygen atoms in total. The number of aryl methyl sites for hydroxylation is 2. The van der Waals surface area contributed by atoms with Crippen LogP contribution in [0.5, 0.6) is 0 Å². The van der Waals surface area contributed by atoms with Crippen LogP contribution in [-0.4, -0.2) is 13.1 Å². The Balaban J connectivity index is 2.24. The van der Waals surface area contributed by atoms with Crippen LogP contribution in [0.3, 0.4) is 0 Å². The Kier molecular flexibility index (Phi) is 2.87. The number of aromatic amines is 1. The third kappa shape index (κ3) is 2.04. The molecule has 0 amide bonds. The minimum absolute atomic E-state index is 0.749. The predicted octanol–water partition coefficient (Wildman–Crippen LogP) is 2.74. The van der Waals surface area contributed by atoms with E-state index in [-0.39, 0.29) is 0 Å². The number of anilines is 1. The zero-order valence-corrected chi connectivity index (χ0v) is 11.5. The molecule has 0 aliphatic carbocycles. The van der Waals surface area contributed by atoms with Gasteiger partial charge in [0.1, 0.15) is 17.1 Å². The molecule has 1 aromatic carbocycles. The Bertz CT molecular complexity index is 676. The molecule has 1 saturated heterocycles. The van der Waals surface area contributed by atoms with Gasteiger partial charge >= 0.3 is 0 Å². The van der Waals surface area contributed by atoms with E-state index in [4.69, 9.17) is 0 Å². The van der Waals surface area contributed by atoms with E-state index < -0.39 is 0 Å². The van der Waals surface area contributed by atoms with E-state index in [9.17, 15) is 5.26 Å². The highest BCUT2D eigenvalue weighted by molar-refractivity contribution is 5.82. The van der Waals surface area contributed by atoms with Crippen LogP contribution in [0.2, 0.25) is 0 Å². The summed E-state index contributed by atoms with van der Waals surface area (Å²) in [4.78, 5) is 5.78. The van der Waals surface area contributed by atoms with E-state index in [2.05, 4.69) is 41.9 Å². The summed E-state index contributed by atoms with van der Waals surface area (Å²) in [5, 5.41) is 10.5. The zero-order valence-electron chi connectivity index (χ0n) is 11.5. The lowest BCUT2D eigenvalue weighted by molar-refractivity contribution is -0.331. The molecule has 1 aliphatic rings. The van der Waals surface area contributed by atoms with Gasteiger partial charge in [0.25, 0.3) is 5.82 Å². The molecule has 0 bridgehead atoms. The van der Waals surface area contributed by atoms with Gasteiger partial charge in [-0.2, -0.15) is 5.26 Å².